The van der Waals surface area contributed by atoms with Crippen LogP contribution in [0, 0.1) is 6.92 Å². The summed E-state index contributed by atoms with van der Waals surface area (Å²) in [5, 5.41) is 4.36. The Balaban J connectivity index is 1.55. The number of aryl methyl sites for hydroxylation is 1. The maximum absolute atomic E-state index is 13.1. The van der Waals surface area contributed by atoms with Crippen LogP contribution in [-0.4, -0.2) is 57.6 Å². The third-order valence-corrected chi connectivity index (χ3v) is 5.45. The smallest absolute Gasteiger partial charge is 0.257 e. The highest BCUT2D eigenvalue weighted by atomic mass is 16.3. The molecule has 4 rings (SSSR count). The van der Waals surface area contributed by atoms with E-state index in [1.807, 2.05) is 22.1 Å². The van der Waals surface area contributed by atoms with Crippen LogP contribution in [0.2, 0.25) is 0 Å². The molecular weight excluding hydrogens is 320 g/mol. The quantitative estimate of drug-likeness (QED) is 0.850. The van der Waals surface area contributed by atoms with Crippen molar-refractivity contribution >= 4 is 11.8 Å². The van der Waals surface area contributed by atoms with Crippen molar-refractivity contribution in [2.75, 3.05) is 26.2 Å². The Morgan fingerprint density at radius 2 is 1.92 bits per heavy atom. The van der Waals surface area contributed by atoms with Crippen molar-refractivity contribution in [2.24, 2.45) is 0 Å². The molecule has 0 N–H and O–H groups in total. The van der Waals surface area contributed by atoms with Crippen molar-refractivity contribution in [3.8, 4) is 0 Å². The molecule has 0 aliphatic carbocycles. The summed E-state index contributed by atoms with van der Waals surface area (Å²) in [7, 11) is 0. The molecule has 0 bridgehead atoms. The third-order valence-electron chi connectivity index (χ3n) is 5.45. The van der Waals surface area contributed by atoms with E-state index in [4.69, 9.17) is 4.42 Å². The lowest BCUT2D eigenvalue weighted by Crippen LogP contribution is -2.59. The maximum Gasteiger partial charge on any atom is 0.257 e. The van der Waals surface area contributed by atoms with Crippen LogP contribution in [0.1, 0.15) is 35.4 Å². The molecule has 132 valence electrons. The lowest BCUT2D eigenvalue weighted by molar-refractivity contribution is -0.147. The lowest BCUT2D eigenvalue weighted by atomic mass is 9.85. The molecule has 25 heavy (non-hydrogen) atoms. The Morgan fingerprint density at radius 3 is 2.44 bits per heavy atom. The predicted molar refractivity (Wildman–Crippen MR) is 90.0 cm³/mol. The average molecular weight is 342 g/mol. The van der Waals surface area contributed by atoms with Crippen molar-refractivity contribution in [3.63, 3.8) is 0 Å². The Hall–Kier alpha value is -2.57. The predicted octanol–water partition coefficient (Wildman–Crippen LogP) is 1.65. The summed E-state index contributed by atoms with van der Waals surface area (Å²) in [5.41, 5.74) is -0.0766. The van der Waals surface area contributed by atoms with E-state index in [1.165, 1.54) is 6.26 Å². The fourth-order valence-electron chi connectivity index (χ4n) is 3.73. The van der Waals surface area contributed by atoms with E-state index < -0.39 is 5.54 Å². The number of aromatic nitrogens is 2. The van der Waals surface area contributed by atoms with Gasteiger partial charge >= 0.3 is 0 Å². The first-order valence-electron chi connectivity index (χ1n) is 8.75. The van der Waals surface area contributed by atoms with Gasteiger partial charge in [-0.3, -0.25) is 14.3 Å². The monoisotopic (exact) mass is 342 g/mol. The number of rotatable bonds is 3. The van der Waals surface area contributed by atoms with Gasteiger partial charge in [0, 0.05) is 38.6 Å². The van der Waals surface area contributed by atoms with E-state index in [2.05, 4.69) is 5.10 Å². The van der Waals surface area contributed by atoms with Crippen LogP contribution in [0.25, 0.3) is 0 Å². The molecule has 2 aliphatic rings. The van der Waals surface area contributed by atoms with Crippen LogP contribution >= 0.6 is 0 Å². The van der Waals surface area contributed by atoms with E-state index >= 15 is 0 Å². The molecule has 0 unspecified atom stereocenters. The van der Waals surface area contributed by atoms with Gasteiger partial charge in [-0.1, -0.05) is 0 Å². The van der Waals surface area contributed by atoms with Crippen LogP contribution < -0.4 is 0 Å². The SMILES string of the molecule is Cc1occc1C(=O)N1CCC(C(=O)N2CCC2)(n2cccn2)CC1. The van der Waals surface area contributed by atoms with Gasteiger partial charge in [0.15, 0.2) is 0 Å². The van der Waals surface area contributed by atoms with Crippen LogP contribution in [0.5, 0.6) is 0 Å². The highest BCUT2D eigenvalue weighted by Crippen LogP contribution is 2.34. The van der Waals surface area contributed by atoms with Gasteiger partial charge in [-0.25, -0.2) is 0 Å². The van der Waals surface area contributed by atoms with Crippen molar-refractivity contribution in [2.45, 2.75) is 31.7 Å². The van der Waals surface area contributed by atoms with Crippen molar-refractivity contribution in [1.29, 1.82) is 0 Å². The standard InChI is InChI=1S/C18H22N4O3/c1-14-15(4-13-25-14)16(23)20-11-5-18(6-12-20,22-10-2-7-19-22)17(24)21-8-3-9-21/h2,4,7,10,13H,3,5-6,8-9,11-12H2,1H3. The van der Waals surface area contributed by atoms with E-state index in [1.54, 1.807) is 23.9 Å². The molecule has 2 aromatic heterocycles. The van der Waals surface area contributed by atoms with Gasteiger partial charge in [-0.05, 0) is 38.3 Å². The first-order valence-corrected chi connectivity index (χ1v) is 8.75. The van der Waals surface area contributed by atoms with E-state index in [9.17, 15) is 9.59 Å². The Labute approximate surface area is 146 Å². The van der Waals surface area contributed by atoms with Crippen LogP contribution in [0.3, 0.4) is 0 Å². The summed E-state index contributed by atoms with van der Waals surface area (Å²) in [6.45, 7) is 4.49. The van der Waals surface area contributed by atoms with Gasteiger partial charge in [-0.2, -0.15) is 5.10 Å². The molecule has 0 radical (unpaired) electrons. The third kappa shape index (κ3) is 2.54. The average Bonchev–Trinajstić information content (AvgIpc) is 3.24. The van der Waals surface area contributed by atoms with Gasteiger partial charge in [0.2, 0.25) is 0 Å². The molecular formula is C18H22N4O3. The second-order valence-corrected chi connectivity index (χ2v) is 6.81. The van der Waals surface area contributed by atoms with E-state index in [-0.39, 0.29) is 11.8 Å². The Kier molecular flexibility index (Phi) is 3.86. The van der Waals surface area contributed by atoms with Gasteiger partial charge in [-0.15, -0.1) is 0 Å². The van der Waals surface area contributed by atoms with E-state index in [0.29, 0.717) is 37.3 Å². The first kappa shape index (κ1) is 15.9. The van der Waals surface area contributed by atoms with E-state index in [0.717, 1.165) is 19.5 Å². The molecule has 7 heteroatoms. The summed E-state index contributed by atoms with van der Waals surface area (Å²) in [4.78, 5) is 29.5. The van der Waals surface area contributed by atoms with Crippen molar-refractivity contribution < 1.29 is 14.0 Å². The molecule has 4 heterocycles. The van der Waals surface area contributed by atoms with Crippen LogP contribution in [-0.2, 0) is 10.3 Å². The van der Waals surface area contributed by atoms with Crippen LogP contribution in [0.15, 0.2) is 35.2 Å². The first-order chi connectivity index (χ1) is 12.1. The highest BCUT2D eigenvalue weighted by Gasteiger charge is 2.47. The number of carbonyl (C=O) groups is 2. The number of amides is 2. The van der Waals surface area contributed by atoms with Crippen molar-refractivity contribution in [3.05, 3.63) is 42.1 Å². The molecule has 7 nitrogen and oxygen atoms in total. The number of hydrogen-bond acceptors (Lipinski definition) is 4. The summed E-state index contributed by atoms with van der Waals surface area (Å²) in [6, 6.07) is 3.55. The minimum Gasteiger partial charge on any atom is -0.469 e. The summed E-state index contributed by atoms with van der Waals surface area (Å²) in [6.07, 6.45) is 7.31. The lowest BCUT2D eigenvalue weighted by Gasteiger charge is -2.45. The number of piperidine rings is 1. The number of furan rings is 1. The van der Waals surface area contributed by atoms with Crippen LogP contribution in [0.4, 0.5) is 0 Å². The fraction of sp³-hybridized carbons (Fsp3) is 0.500. The molecule has 0 atom stereocenters. The summed E-state index contributed by atoms with van der Waals surface area (Å²) in [5.74, 6) is 0.733. The Morgan fingerprint density at radius 1 is 1.16 bits per heavy atom. The molecule has 0 spiro atoms. The Bertz CT molecular complexity index is 768. The molecule has 2 aromatic rings. The largest absolute Gasteiger partial charge is 0.469 e. The minimum absolute atomic E-state index is 0.0308. The summed E-state index contributed by atoms with van der Waals surface area (Å²) >= 11 is 0. The second kappa shape index (κ2) is 6.06. The molecule has 2 fully saturated rings. The molecule has 0 saturated carbocycles. The molecule has 2 aliphatic heterocycles. The second-order valence-electron chi connectivity index (χ2n) is 6.81. The number of nitrogens with zero attached hydrogens (tertiary/aromatic N) is 4. The zero-order chi connectivity index (χ0) is 17.4. The summed E-state index contributed by atoms with van der Waals surface area (Å²) < 4.78 is 7.04. The molecule has 2 amide bonds. The van der Waals surface area contributed by atoms with Gasteiger partial charge < -0.3 is 14.2 Å². The zero-order valence-electron chi connectivity index (χ0n) is 14.4. The fourth-order valence-corrected chi connectivity index (χ4v) is 3.73. The van der Waals surface area contributed by atoms with Gasteiger partial charge in [0.1, 0.15) is 11.3 Å². The maximum atomic E-state index is 13.1. The topological polar surface area (TPSA) is 71.6 Å². The highest BCUT2D eigenvalue weighted by molar-refractivity contribution is 5.95. The number of carbonyl (C=O) groups excluding carboxylic acids is 2. The van der Waals surface area contributed by atoms with Crippen molar-refractivity contribution in [1.82, 2.24) is 19.6 Å². The number of hydrogen-bond donors (Lipinski definition) is 0. The van der Waals surface area contributed by atoms with Gasteiger partial charge in [0.05, 0.1) is 11.8 Å². The number of likely N-dealkylation sites (tertiary alicyclic amines) is 2. The van der Waals surface area contributed by atoms with Gasteiger partial charge in [0.25, 0.3) is 11.8 Å². The molecule has 0 aromatic carbocycles. The normalized spacial score (nSPS) is 19.6. The molecule has 2 saturated heterocycles. The minimum atomic E-state index is -0.674. The zero-order valence-corrected chi connectivity index (χ0v) is 14.4.